The number of rotatable bonds is 7. The van der Waals surface area contributed by atoms with Crippen LogP contribution in [0.5, 0.6) is 11.5 Å². The Kier molecular flexibility index (Phi) is 7.56. The first-order valence-electron chi connectivity index (χ1n) is 11.4. The number of benzene rings is 3. The molecule has 1 fully saturated rings. The van der Waals surface area contributed by atoms with Crippen LogP contribution in [0.15, 0.2) is 76.6 Å². The number of aliphatic hydroxyl groups is 1. The van der Waals surface area contributed by atoms with E-state index in [1.165, 1.54) is 55.3 Å². The number of hydrogen-bond acceptors (Lipinski definition) is 9. The Labute approximate surface area is 235 Å². The van der Waals surface area contributed by atoms with Crippen LogP contribution in [-0.2, 0) is 15.3 Å². The number of aromatic hydroxyl groups is 1. The molecule has 1 aromatic heterocycles. The van der Waals surface area contributed by atoms with Gasteiger partial charge in [-0.05, 0) is 53.6 Å². The maximum Gasteiger partial charge on any atom is 0.301 e. The Morgan fingerprint density at radius 2 is 1.87 bits per heavy atom. The van der Waals surface area contributed by atoms with Gasteiger partial charge in [0.25, 0.3) is 5.78 Å². The number of amides is 1. The van der Waals surface area contributed by atoms with Gasteiger partial charge in [-0.3, -0.25) is 14.5 Å². The quantitative estimate of drug-likeness (QED) is 0.0900. The molecule has 1 aliphatic rings. The molecule has 8 nitrogen and oxygen atoms in total. The van der Waals surface area contributed by atoms with Crippen molar-refractivity contribution in [2.24, 2.45) is 0 Å². The van der Waals surface area contributed by atoms with Crippen molar-refractivity contribution in [3.8, 4) is 11.5 Å². The van der Waals surface area contributed by atoms with E-state index in [4.69, 9.17) is 16.3 Å². The molecule has 2 heterocycles. The van der Waals surface area contributed by atoms with E-state index in [1.54, 1.807) is 30.3 Å². The van der Waals surface area contributed by atoms with E-state index in [-0.39, 0.29) is 39.3 Å². The minimum Gasteiger partial charge on any atom is -0.507 e. The van der Waals surface area contributed by atoms with Crippen LogP contribution in [0, 0.1) is 5.82 Å². The number of nitrogens with zero attached hydrogens (tertiary/aromatic N) is 3. The molecule has 198 valence electrons. The second kappa shape index (κ2) is 11.0. The number of carbonyl (C=O) groups is 2. The van der Waals surface area contributed by atoms with Crippen molar-refractivity contribution in [3.05, 3.63) is 99.8 Å². The van der Waals surface area contributed by atoms with Crippen LogP contribution in [-0.4, -0.2) is 39.2 Å². The summed E-state index contributed by atoms with van der Waals surface area (Å²) >= 11 is 8.27. The number of thioether (sulfide) groups is 1. The van der Waals surface area contributed by atoms with Crippen LogP contribution < -0.4 is 9.64 Å². The Morgan fingerprint density at radius 3 is 2.59 bits per heavy atom. The van der Waals surface area contributed by atoms with Gasteiger partial charge >= 0.3 is 5.91 Å². The van der Waals surface area contributed by atoms with Gasteiger partial charge in [0.15, 0.2) is 15.8 Å². The molecular weight excluding hydrogens is 565 g/mol. The Morgan fingerprint density at radius 1 is 1.13 bits per heavy atom. The normalized spacial score (nSPS) is 16.6. The zero-order valence-electron chi connectivity index (χ0n) is 20.2. The van der Waals surface area contributed by atoms with Gasteiger partial charge in [-0.2, -0.15) is 0 Å². The summed E-state index contributed by atoms with van der Waals surface area (Å²) < 4.78 is 19.7. The highest BCUT2D eigenvalue weighted by Gasteiger charge is 2.48. The summed E-state index contributed by atoms with van der Waals surface area (Å²) in [5.41, 5.74) is 0.978. The van der Waals surface area contributed by atoms with Crippen molar-refractivity contribution < 1.29 is 28.9 Å². The number of ether oxygens (including phenoxy) is 1. The second-order valence-corrected chi connectivity index (χ2v) is 11.0. The molecule has 0 saturated carbocycles. The Balaban J connectivity index is 1.57. The molecule has 0 aliphatic carbocycles. The highest BCUT2D eigenvalue weighted by Crippen LogP contribution is 2.45. The van der Waals surface area contributed by atoms with E-state index in [9.17, 15) is 24.2 Å². The summed E-state index contributed by atoms with van der Waals surface area (Å²) in [6, 6.07) is 15.8. The van der Waals surface area contributed by atoms with Gasteiger partial charge < -0.3 is 14.9 Å². The molecule has 2 N–H and O–H groups in total. The molecule has 1 amide bonds. The largest absolute Gasteiger partial charge is 0.507 e. The highest BCUT2D eigenvalue weighted by atomic mass is 35.5. The lowest BCUT2D eigenvalue weighted by molar-refractivity contribution is -0.132. The zero-order chi connectivity index (χ0) is 27.7. The maximum absolute atomic E-state index is 14.0. The predicted octanol–water partition coefficient (Wildman–Crippen LogP) is 5.96. The van der Waals surface area contributed by atoms with Gasteiger partial charge in [-0.15, -0.1) is 10.2 Å². The fraction of sp³-hybridized carbons (Fsp3) is 0.111. The van der Waals surface area contributed by atoms with Crippen LogP contribution in [0.3, 0.4) is 0 Å². The summed E-state index contributed by atoms with van der Waals surface area (Å²) in [7, 11) is 1.37. The van der Waals surface area contributed by atoms with Crippen LogP contribution in [0.1, 0.15) is 22.7 Å². The minimum atomic E-state index is -1.10. The number of phenols is 1. The van der Waals surface area contributed by atoms with E-state index in [0.717, 1.165) is 16.2 Å². The molecule has 0 bridgehead atoms. The molecule has 1 saturated heterocycles. The molecule has 4 aromatic rings. The number of halogens is 2. The first-order chi connectivity index (χ1) is 18.8. The number of Topliss-reactive ketones (excluding diaryl/α,β-unsaturated/α-hetero) is 1. The summed E-state index contributed by atoms with van der Waals surface area (Å²) in [5.74, 6) is -2.32. The molecule has 5 rings (SSSR count). The topological polar surface area (TPSA) is 113 Å². The zero-order valence-corrected chi connectivity index (χ0v) is 22.6. The molecule has 12 heteroatoms. The number of ketones is 1. The fourth-order valence-electron chi connectivity index (χ4n) is 4.09. The Hall–Kier alpha value is -3.93. The van der Waals surface area contributed by atoms with Crippen molar-refractivity contribution in [1.29, 1.82) is 0 Å². The first-order valence-corrected chi connectivity index (χ1v) is 13.6. The number of anilines is 1. The average Bonchev–Trinajstić information content (AvgIpc) is 3.50. The second-order valence-electron chi connectivity index (χ2n) is 8.34. The standard InChI is InChI=1S/C27H19ClFN3O5S2/c1-37-20-12-15(8-11-19(20)33)22-21(23(34)14-6-9-17(28)10-7-14)24(35)25(36)32(22)26-30-31-27(39-26)38-13-16-4-2-3-5-18(16)29/h2-12,22,33-34H,13H2,1H3/b23-21-. The molecule has 1 aliphatic heterocycles. The maximum atomic E-state index is 14.0. The van der Waals surface area contributed by atoms with Gasteiger partial charge in [0, 0.05) is 16.3 Å². The van der Waals surface area contributed by atoms with E-state index >= 15 is 0 Å². The van der Waals surface area contributed by atoms with Gasteiger partial charge in [0.2, 0.25) is 5.13 Å². The fourth-order valence-corrected chi connectivity index (χ4v) is 6.07. The van der Waals surface area contributed by atoms with Crippen molar-refractivity contribution in [1.82, 2.24) is 10.2 Å². The molecule has 0 radical (unpaired) electrons. The Bertz CT molecular complexity index is 1610. The third-order valence-corrected chi connectivity index (χ3v) is 8.35. The van der Waals surface area contributed by atoms with Crippen LogP contribution in [0.2, 0.25) is 5.02 Å². The minimum absolute atomic E-state index is 0.111. The van der Waals surface area contributed by atoms with Crippen molar-refractivity contribution >= 4 is 57.3 Å². The summed E-state index contributed by atoms with van der Waals surface area (Å²) in [6.45, 7) is 0. The van der Waals surface area contributed by atoms with Crippen LogP contribution in [0.25, 0.3) is 5.76 Å². The third-order valence-electron chi connectivity index (χ3n) is 5.99. The number of aliphatic hydroxyl groups excluding tert-OH is 1. The summed E-state index contributed by atoms with van der Waals surface area (Å²) in [6.07, 6.45) is 0. The van der Waals surface area contributed by atoms with Gasteiger partial charge in [0.1, 0.15) is 11.6 Å². The summed E-state index contributed by atoms with van der Waals surface area (Å²) in [4.78, 5) is 27.8. The number of carbonyl (C=O) groups excluding carboxylic acids is 2. The van der Waals surface area contributed by atoms with Crippen LogP contribution in [0.4, 0.5) is 9.52 Å². The van der Waals surface area contributed by atoms with Crippen molar-refractivity contribution in [3.63, 3.8) is 0 Å². The monoisotopic (exact) mass is 583 g/mol. The van der Waals surface area contributed by atoms with Crippen molar-refractivity contribution in [2.45, 2.75) is 16.1 Å². The van der Waals surface area contributed by atoms with E-state index in [0.29, 0.717) is 20.5 Å². The number of phenolic OH excluding ortho intramolecular Hbond substituents is 1. The number of methoxy groups -OCH3 is 1. The average molecular weight is 584 g/mol. The van der Waals surface area contributed by atoms with Crippen molar-refractivity contribution in [2.75, 3.05) is 12.0 Å². The third kappa shape index (κ3) is 5.20. The van der Waals surface area contributed by atoms with E-state index in [1.807, 2.05) is 0 Å². The van der Waals surface area contributed by atoms with Gasteiger partial charge in [-0.25, -0.2) is 4.39 Å². The lowest BCUT2D eigenvalue weighted by Gasteiger charge is -2.23. The lowest BCUT2D eigenvalue weighted by atomic mass is 9.95. The molecule has 1 atom stereocenters. The lowest BCUT2D eigenvalue weighted by Crippen LogP contribution is -2.29. The smallest absolute Gasteiger partial charge is 0.301 e. The van der Waals surface area contributed by atoms with E-state index < -0.39 is 23.5 Å². The molecule has 0 spiro atoms. The first kappa shape index (κ1) is 26.7. The number of hydrogen-bond donors (Lipinski definition) is 2. The van der Waals surface area contributed by atoms with Gasteiger partial charge in [-0.1, -0.05) is 59.0 Å². The predicted molar refractivity (Wildman–Crippen MR) is 147 cm³/mol. The van der Waals surface area contributed by atoms with Crippen LogP contribution >= 0.6 is 34.7 Å². The van der Waals surface area contributed by atoms with Gasteiger partial charge in [0.05, 0.1) is 18.7 Å². The highest BCUT2D eigenvalue weighted by molar-refractivity contribution is 8.00. The molecule has 39 heavy (non-hydrogen) atoms. The number of aromatic nitrogens is 2. The molecule has 3 aromatic carbocycles. The van der Waals surface area contributed by atoms with E-state index in [2.05, 4.69) is 10.2 Å². The summed E-state index contributed by atoms with van der Waals surface area (Å²) in [5, 5.41) is 30.1. The molecule has 1 unspecified atom stereocenters. The molecular formula is C27H19ClFN3O5S2. The SMILES string of the molecule is COc1cc(C2/C(=C(/O)c3ccc(Cl)cc3)C(=O)C(=O)N2c2nnc(SCc3ccccc3F)s2)ccc1O.